The summed E-state index contributed by atoms with van der Waals surface area (Å²) in [6, 6.07) is 3.78. The fourth-order valence-electron chi connectivity index (χ4n) is 1.04. The molecule has 0 saturated carbocycles. The Morgan fingerprint density at radius 3 is 2.57 bits per heavy atom. The van der Waals surface area contributed by atoms with E-state index in [9.17, 15) is 9.90 Å². The SMILES string of the molecule is N=C(CC(N)=O)c1ccc(O)cc1O. The fourth-order valence-corrected chi connectivity index (χ4v) is 1.04. The van der Waals surface area contributed by atoms with E-state index in [1.807, 2.05) is 0 Å². The third-order valence-electron chi connectivity index (χ3n) is 1.66. The summed E-state index contributed by atoms with van der Waals surface area (Å²) in [5, 5.41) is 25.7. The van der Waals surface area contributed by atoms with Gasteiger partial charge in [-0.15, -0.1) is 0 Å². The highest BCUT2D eigenvalue weighted by atomic mass is 16.3. The summed E-state index contributed by atoms with van der Waals surface area (Å²) in [7, 11) is 0. The topological polar surface area (TPSA) is 107 Å². The van der Waals surface area contributed by atoms with Crippen molar-refractivity contribution >= 4 is 11.6 Å². The average molecular weight is 194 g/mol. The number of carbonyl (C=O) groups is 1. The summed E-state index contributed by atoms with van der Waals surface area (Å²) >= 11 is 0. The normalized spacial score (nSPS) is 9.71. The highest BCUT2D eigenvalue weighted by molar-refractivity contribution is 6.09. The van der Waals surface area contributed by atoms with Crippen LogP contribution < -0.4 is 5.73 Å². The Labute approximate surface area is 80.3 Å². The van der Waals surface area contributed by atoms with Gasteiger partial charge in [0.05, 0.1) is 12.1 Å². The van der Waals surface area contributed by atoms with E-state index in [2.05, 4.69) is 0 Å². The van der Waals surface area contributed by atoms with Gasteiger partial charge in [-0.25, -0.2) is 0 Å². The molecule has 5 N–H and O–H groups in total. The van der Waals surface area contributed by atoms with Gasteiger partial charge in [-0.05, 0) is 12.1 Å². The lowest BCUT2D eigenvalue weighted by Crippen LogP contribution is -2.16. The standard InChI is InChI=1S/C9H10N2O3/c10-7(4-9(11)14)6-2-1-5(12)3-8(6)13/h1-3,10,12-13H,4H2,(H2,11,14). The molecule has 1 aromatic rings. The third-order valence-corrected chi connectivity index (χ3v) is 1.66. The van der Waals surface area contributed by atoms with Gasteiger partial charge in [-0.3, -0.25) is 4.79 Å². The molecule has 14 heavy (non-hydrogen) atoms. The number of hydrogen-bond acceptors (Lipinski definition) is 4. The number of nitrogens with two attached hydrogens (primary N) is 1. The molecule has 0 aliphatic heterocycles. The van der Waals surface area contributed by atoms with Crippen molar-refractivity contribution in [3.05, 3.63) is 23.8 Å². The van der Waals surface area contributed by atoms with Crippen molar-refractivity contribution in [1.29, 1.82) is 5.41 Å². The minimum atomic E-state index is -0.637. The predicted molar refractivity (Wildman–Crippen MR) is 50.4 cm³/mol. The number of aromatic hydroxyl groups is 2. The van der Waals surface area contributed by atoms with Crippen molar-refractivity contribution in [3.8, 4) is 11.5 Å². The van der Waals surface area contributed by atoms with Crippen molar-refractivity contribution in [2.45, 2.75) is 6.42 Å². The van der Waals surface area contributed by atoms with Crippen LogP contribution in [0.15, 0.2) is 18.2 Å². The van der Waals surface area contributed by atoms with E-state index in [-0.39, 0.29) is 29.2 Å². The highest BCUT2D eigenvalue weighted by Crippen LogP contribution is 2.23. The Bertz CT molecular complexity index is 388. The van der Waals surface area contributed by atoms with Crippen molar-refractivity contribution in [2.24, 2.45) is 5.73 Å². The van der Waals surface area contributed by atoms with Crippen molar-refractivity contribution in [1.82, 2.24) is 0 Å². The number of carbonyl (C=O) groups excluding carboxylic acids is 1. The zero-order valence-corrected chi connectivity index (χ0v) is 7.32. The molecular weight excluding hydrogens is 184 g/mol. The van der Waals surface area contributed by atoms with E-state index < -0.39 is 5.91 Å². The fraction of sp³-hybridized carbons (Fsp3) is 0.111. The van der Waals surface area contributed by atoms with E-state index in [0.29, 0.717) is 0 Å². The monoisotopic (exact) mass is 194 g/mol. The van der Waals surface area contributed by atoms with Crippen LogP contribution in [0.4, 0.5) is 0 Å². The molecule has 5 nitrogen and oxygen atoms in total. The van der Waals surface area contributed by atoms with Gasteiger partial charge in [0.1, 0.15) is 11.5 Å². The first-order valence-electron chi connectivity index (χ1n) is 3.89. The highest BCUT2D eigenvalue weighted by Gasteiger charge is 2.10. The van der Waals surface area contributed by atoms with Crippen molar-refractivity contribution in [3.63, 3.8) is 0 Å². The Kier molecular flexibility index (Phi) is 2.71. The number of phenolic OH excluding ortho intramolecular Hbond substituents is 2. The molecule has 0 fully saturated rings. The molecule has 0 spiro atoms. The lowest BCUT2D eigenvalue weighted by Gasteiger charge is -2.04. The van der Waals surface area contributed by atoms with Gasteiger partial charge in [0.25, 0.3) is 0 Å². The van der Waals surface area contributed by atoms with E-state index in [0.717, 1.165) is 6.07 Å². The van der Waals surface area contributed by atoms with Gasteiger partial charge in [0.2, 0.25) is 5.91 Å². The molecule has 0 aliphatic carbocycles. The van der Waals surface area contributed by atoms with Crippen LogP contribution in [0.5, 0.6) is 11.5 Å². The smallest absolute Gasteiger partial charge is 0.223 e. The van der Waals surface area contributed by atoms with Crippen LogP contribution >= 0.6 is 0 Å². The Morgan fingerprint density at radius 1 is 1.43 bits per heavy atom. The quantitative estimate of drug-likeness (QED) is 0.521. The molecule has 0 atom stereocenters. The Hall–Kier alpha value is -2.04. The van der Waals surface area contributed by atoms with Crippen LogP contribution in [0.25, 0.3) is 0 Å². The van der Waals surface area contributed by atoms with Crippen molar-refractivity contribution < 1.29 is 15.0 Å². The lowest BCUT2D eigenvalue weighted by molar-refractivity contribution is -0.116. The summed E-state index contributed by atoms with van der Waals surface area (Å²) in [6.07, 6.45) is -0.238. The molecule has 0 radical (unpaired) electrons. The van der Waals surface area contributed by atoms with E-state index in [1.54, 1.807) is 0 Å². The van der Waals surface area contributed by atoms with Crippen LogP contribution in [0.1, 0.15) is 12.0 Å². The maximum Gasteiger partial charge on any atom is 0.223 e. The van der Waals surface area contributed by atoms with E-state index in [4.69, 9.17) is 16.2 Å². The zero-order valence-electron chi connectivity index (χ0n) is 7.32. The summed E-state index contributed by atoms with van der Waals surface area (Å²) in [6.45, 7) is 0. The number of primary amides is 1. The second-order valence-electron chi connectivity index (χ2n) is 2.82. The summed E-state index contributed by atoms with van der Waals surface area (Å²) < 4.78 is 0. The first-order valence-corrected chi connectivity index (χ1v) is 3.89. The molecule has 1 rings (SSSR count). The molecule has 0 unspecified atom stereocenters. The Balaban J connectivity index is 2.96. The number of phenols is 2. The number of nitrogens with one attached hydrogen (secondary N) is 1. The average Bonchev–Trinajstić information content (AvgIpc) is 2.01. The second-order valence-corrected chi connectivity index (χ2v) is 2.82. The maximum atomic E-state index is 10.5. The molecule has 0 aliphatic rings. The second kappa shape index (κ2) is 3.78. The molecule has 5 heteroatoms. The summed E-state index contributed by atoms with van der Waals surface area (Å²) in [5.41, 5.74) is 5.02. The van der Waals surface area contributed by atoms with E-state index >= 15 is 0 Å². The van der Waals surface area contributed by atoms with Gasteiger partial charge in [-0.1, -0.05) is 0 Å². The van der Waals surface area contributed by atoms with Crippen LogP contribution in [0.2, 0.25) is 0 Å². The first-order chi connectivity index (χ1) is 6.50. The third kappa shape index (κ3) is 2.22. The van der Waals surface area contributed by atoms with Crippen LogP contribution in [0, 0.1) is 5.41 Å². The predicted octanol–water partition coefficient (Wildman–Crippen LogP) is 0.341. The number of amides is 1. The minimum absolute atomic E-state index is 0.0741. The zero-order chi connectivity index (χ0) is 10.7. The van der Waals surface area contributed by atoms with Crippen LogP contribution in [0.3, 0.4) is 0 Å². The molecule has 0 aromatic heterocycles. The van der Waals surface area contributed by atoms with Gasteiger partial charge in [-0.2, -0.15) is 0 Å². The molecule has 1 amide bonds. The molecule has 0 heterocycles. The molecule has 74 valence electrons. The molecular formula is C9H10N2O3. The minimum Gasteiger partial charge on any atom is -0.508 e. The van der Waals surface area contributed by atoms with Gasteiger partial charge < -0.3 is 21.4 Å². The van der Waals surface area contributed by atoms with Gasteiger partial charge in [0.15, 0.2) is 0 Å². The summed E-state index contributed by atoms with van der Waals surface area (Å²) in [5.74, 6) is -0.975. The maximum absolute atomic E-state index is 10.5. The molecule has 0 saturated heterocycles. The van der Waals surface area contributed by atoms with Crippen LogP contribution in [-0.4, -0.2) is 21.8 Å². The largest absolute Gasteiger partial charge is 0.508 e. The summed E-state index contributed by atoms with van der Waals surface area (Å²) in [4.78, 5) is 10.5. The van der Waals surface area contributed by atoms with E-state index in [1.165, 1.54) is 12.1 Å². The van der Waals surface area contributed by atoms with Gasteiger partial charge in [0, 0.05) is 11.6 Å². The van der Waals surface area contributed by atoms with Crippen molar-refractivity contribution in [2.75, 3.05) is 0 Å². The molecule has 1 aromatic carbocycles. The molecule has 0 bridgehead atoms. The lowest BCUT2D eigenvalue weighted by atomic mass is 10.1. The van der Waals surface area contributed by atoms with Crippen LogP contribution in [-0.2, 0) is 4.79 Å². The Morgan fingerprint density at radius 2 is 2.07 bits per heavy atom. The number of hydrogen-bond donors (Lipinski definition) is 4. The first kappa shape index (κ1) is 10.0. The number of benzene rings is 1. The number of rotatable bonds is 3. The van der Waals surface area contributed by atoms with Gasteiger partial charge >= 0.3 is 0 Å².